The number of hydrogen-bond acceptors (Lipinski definition) is 2. The first-order valence-corrected chi connectivity index (χ1v) is 15.2. The SMILES string of the molecule is CCCCCCCCCCCC(=O)O.CCC[CH2][Sn][CH2]CCC.CCO. The molecule has 0 rings (SSSR count). The Morgan fingerprint density at radius 1 is 0.654 bits per heavy atom. The molecule has 0 fully saturated rings. The number of aliphatic carboxylic acids is 1. The number of aliphatic hydroxyl groups excluding tert-OH is 1. The molecule has 4 heteroatoms. The van der Waals surface area contributed by atoms with E-state index in [0.29, 0.717) is 6.42 Å². The second kappa shape index (κ2) is 32.9. The molecule has 158 valence electrons. The van der Waals surface area contributed by atoms with Crippen molar-refractivity contribution >= 4 is 27.1 Å². The van der Waals surface area contributed by atoms with E-state index in [-0.39, 0.29) is 27.7 Å². The van der Waals surface area contributed by atoms with Crippen molar-refractivity contribution in [2.24, 2.45) is 0 Å². The van der Waals surface area contributed by atoms with E-state index in [4.69, 9.17) is 10.2 Å². The molecular formula is C22H48O3Sn. The van der Waals surface area contributed by atoms with Crippen LogP contribution in [0.4, 0.5) is 0 Å². The van der Waals surface area contributed by atoms with Crippen molar-refractivity contribution in [2.75, 3.05) is 6.61 Å². The number of carbonyl (C=O) groups is 1. The summed E-state index contributed by atoms with van der Waals surface area (Å²) >= 11 is 0.149. The van der Waals surface area contributed by atoms with Crippen LogP contribution in [0.5, 0.6) is 0 Å². The summed E-state index contributed by atoms with van der Waals surface area (Å²) in [6, 6.07) is 0. The molecule has 0 aliphatic carbocycles. The first-order chi connectivity index (χ1) is 12.6. The maximum atomic E-state index is 10.2. The van der Waals surface area contributed by atoms with Gasteiger partial charge in [0.15, 0.2) is 0 Å². The predicted octanol–water partition coefficient (Wildman–Crippen LogP) is 7.12. The van der Waals surface area contributed by atoms with Crippen LogP contribution in [-0.2, 0) is 4.79 Å². The Kier molecular flexibility index (Phi) is 39.1. The van der Waals surface area contributed by atoms with E-state index < -0.39 is 5.97 Å². The number of hydrogen-bond donors (Lipinski definition) is 2. The van der Waals surface area contributed by atoms with Gasteiger partial charge in [-0.1, -0.05) is 58.3 Å². The molecule has 0 aromatic carbocycles. The zero-order valence-electron chi connectivity index (χ0n) is 18.3. The van der Waals surface area contributed by atoms with Gasteiger partial charge in [0.2, 0.25) is 0 Å². The second-order valence-corrected chi connectivity index (χ2v) is 11.0. The summed E-state index contributed by atoms with van der Waals surface area (Å²) in [5.41, 5.74) is 0. The van der Waals surface area contributed by atoms with E-state index in [1.165, 1.54) is 70.6 Å². The van der Waals surface area contributed by atoms with Crippen molar-refractivity contribution in [1.29, 1.82) is 0 Å². The molecule has 3 nitrogen and oxygen atoms in total. The van der Waals surface area contributed by atoms with Crippen LogP contribution in [0.3, 0.4) is 0 Å². The molecule has 0 heterocycles. The van der Waals surface area contributed by atoms with Gasteiger partial charge in [-0.15, -0.1) is 0 Å². The summed E-state index contributed by atoms with van der Waals surface area (Å²) < 4.78 is 3.25. The average Bonchev–Trinajstić information content (AvgIpc) is 2.61. The van der Waals surface area contributed by atoms with Gasteiger partial charge in [0.05, 0.1) is 0 Å². The molecule has 0 atom stereocenters. The molecule has 0 aliphatic heterocycles. The van der Waals surface area contributed by atoms with E-state index in [0.717, 1.165) is 12.8 Å². The number of unbranched alkanes of at least 4 members (excludes halogenated alkanes) is 10. The maximum Gasteiger partial charge on any atom is 0.0402 e. The summed E-state index contributed by atoms with van der Waals surface area (Å²) in [6.45, 7) is 8.74. The van der Waals surface area contributed by atoms with Crippen LogP contribution in [0.15, 0.2) is 0 Å². The minimum atomic E-state index is -0.659. The van der Waals surface area contributed by atoms with Crippen LogP contribution < -0.4 is 0 Å². The fourth-order valence-corrected chi connectivity index (χ4v) is 6.47. The predicted molar refractivity (Wildman–Crippen MR) is 117 cm³/mol. The standard InChI is InChI=1S/C12H24O2.2C4H9.C2H6O.Sn/c1-2-3-4-5-6-7-8-9-10-11-12(13)14;2*1-3-4-2;1-2-3;/h2-11H2,1H3,(H,13,14);2*1,3-4H2,2H3;3H,2H2,1H3;. The van der Waals surface area contributed by atoms with Crippen LogP contribution in [-0.4, -0.2) is 43.9 Å². The molecule has 0 aliphatic rings. The van der Waals surface area contributed by atoms with Gasteiger partial charge < -0.3 is 10.2 Å². The van der Waals surface area contributed by atoms with Crippen LogP contribution in [0.1, 0.15) is 118 Å². The first kappa shape index (κ1) is 30.9. The summed E-state index contributed by atoms with van der Waals surface area (Å²) in [5, 5.41) is 16.0. The number of carboxylic acids is 1. The summed E-state index contributed by atoms with van der Waals surface area (Å²) in [7, 11) is 0. The van der Waals surface area contributed by atoms with Crippen molar-refractivity contribution in [2.45, 2.75) is 126 Å². The van der Waals surface area contributed by atoms with Crippen molar-refractivity contribution in [1.82, 2.24) is 0 Å². The summed E-state index contributed by atoms with van der Waals surface area (Å²) in [5.74, 6) is -0.659. The molecule has 0 unspecified atom stereocenters. The third kappa shape index (κ3) is 44.0. The number of rotatable bonds is 16. The topological polar surface area (TPSA) is 57.5 Å². The Balaban J connectivity index is -0.000000377. The normalized spacial score (nSPS) is 9.73. The van der Waals surface area contributed by atoms with Crippen molar-refractivity contribution in [3.05, 3.63) is 0 Å². The van der Waals surface area contributed by atoms with Gasteiger partial charge >= 0.3 is 75.5 Å². The van der Waals surface area contributed by atoms with Crippen LogP contribution in [0.25, 0.3) is 0 Å². The largest absolute Gasteiger partial charge is 0.397 e. The van der Waals surface area contributed by atoms with E-state index in [1.54, 1.807) is 15.8 Å². The second-order valence-electron chi connectivity index (χ2n) is 6.75. The zero-order valence-corrected chi connectivity index (χ0v) is 21.2. The fraction of sp³-hybridized carbons (Fsp3) is 0.955. The van der Waals surface area contributed by atoms with Crippen molar-refractivity contribution in [3.63, 3.8) is 0 Å². The molecule has 0 amide bonds. The quantitative estimate of drug-likeness (QED) is 0.183. The monoisotopic (exact) mass is 480 g/mol. The van der Waals surface area contributed by atoms with Crippen molar-refractivity contribution in [3.8, 4) is 0 Å². The maximum absolute atomic E-state index is 10.2. The zero-order chi connectivity index (χ0) is 20.3. The van der Waals surface area contributed by atoms with Crippen LogP contribution >= 0.6 is 0 Å². The Morgan fingerprint density at radius 2 is 1.00 bits per heavy atom. The Hall–Kier alpha value is 0.229. The number of carboxylic acid groups (broad SMARTS) is 1. The van der Waals surface area contributed by atoms with Crippen LogP contribution in [0.2, 0.25) is 8.87 Å². The molecule has 0 saturated carbocycles. The minimum absolute atomic E-state index is 0.149. The first-order valence-electron chi connectivity index (χ1n) is 11.1. The molecule has 0 bridgehead atoms. The van der Waals surface area contributed by atoms with Gasteiger partial charge in [0.25, 0.3) is 0 Å². The van der Waals surface area contributed by atoms with E-state index in [2.05, 4.69) is 20.8 Å². The molecule has 0 spiro atoms. The van der Waals surface area contributed by atoms with E-state index in [9.17, 15) is 4.79 Å². The van der Waals surface area contributed by atoms with Gasteiger partial charge in [-0.05, 0) is 13.3 Å². The van der Waals surface area contributed by atoms with Crippen molar-refractivity contribution < 1.29 is 15.0 Å². The Bertz CT molecular complexity index is 229. The summed E-state index contributed by atoms with van der Waals surface area (Å²) in [6.07, 6.45) is 17.3. The smallest absolute Gasteiger partial charge is 0.0402 e. The molecule has 26 heavy (non-hydrogen) atoms. The van der Waals surface area contributed by atoms with Gasteiger partial charge in [-0.25, -0.2) is 0 Å². The molecule has 2 radical (unpaired) electrons. The van der Waals surface area contributed by atoms with Gasteiger partial charge in [0, 0.05) is 13.0 Å². The molecule has 0 aromatic heterocycles. The van der Waals surface area contributed by atoms with E-state index in [1.807, 2.05) is 0 Å². The number of aliphatic hydroxyl groups is 1. The van der Waals surface area contributed by atoms with E-state index >= 15 is 0 Å². The van der Waals surface area contributed by atoms with Gasteiger partial charge in [-0.3, -0.25) is 4.79 Å². The fourth-order valence-electron chi connectivity index (χ4n) is 2.32. The van der Waals surface area contributed by atoms with Gasteiger partial charge in [0.1, 0.15) is 0 Å². The summed E-state index contributed by atoms with van der Waals surface area (Å²) in [4.78, 5) is 10.2. The minimum Gasteiger partial charge on any atom is -0.397 e. The molecule has 0 aromatic rings. The molecule has 0 saturated heterocycles. The van der Waals surface area contributed by atoms with Crippen LogP contribution in [0, 0.1) is 0 Å². The third-order valence-corrected chi connectivity index (χ3v) is 7.94. The average molecular weight is 479 g/mol. The third-order valence-electron chi connectivity index (χ3n) is 3.91. The molecule has 2 N–H and O–H groups in total. The Labute approximate surface area is 175 Å². The van der Waals surface area contributed by atoms with Gasteiger partial charge in [-0.2, -0.15) is 0 Å². The Morgan fingerprint density at radius 3 is 1.35 bits per heavy atom. The molecular weight excluding hydrogens is 431 g/mol.